The van der Waals surface area contributed by atoms with Crippen molar-refractivity contribution in [3.63, 3.8) is 0 Å². The Morgan fingerprint density at radius 3 is 2.01 bits per heavy atom. The first-order valence-electron chi connectivity index (χ1n) is 24.7. The number of carbonyl (C=O) groups is 4. The van der Waals surface area contributed by atoms with E-state index in [1.165, 1.54) is 36.8 Å². The number of carbonyl (C=O) groups excluding carboxylic acids is 4. The van der Waals surface area contributed by atoms with E-state index in [0.717, 1.165) is 53.4 Å². The standard InChI is InChI=1S/C52H57F2N9O8S.3H2S/c1-52(2,54)44(60-51(67)69-4)48(65)62-18-6-8-37(62)46-56-26-34(58-46)30-22-32(53)42-38-23-31-21-29(11-12-35(31)63(38)49(71-39(42)24-30)41-14-13-40(72-41)27-9-10-27)33-25-55-45(57-33)36-7-5-17-61(36)47(64)43(59-50(66)68-3)28-15-19-70-20-16-28;;;/h11-14,21-28,36-37,43-44,49H,5-10,15-20H2,1-4H3,(H,55,57)(H,56,58)(H,59,66)(H,60,67);3*1H2/t36-,37-,43-,44?,49?;;;/m0.../s1. The number of amides is 4. The Hall–Kier alpha value is -5.75. The van der Waals surface area contributed by atoms with E-state index in [-0.39, 0.29) is 58.4 Å². The van der Waals surface area contributed by atoms with Crippen LogP contribution < -0.4 is 15.4 Å². The lowest BCUT2D eigenvalue weighted by Gasteiger charge is -2.34. The summed E-state index contributed by atoms with van der Waals surface area (Å²) in [5.74, 6) is 0.655. The molecule has 17 nitrogen and oxygen atoms in total. The number of methoxy groups -OCH3 is 2. The molecule has 1 saturated carbocycles. The van der Waals surface area contributed by atoms with Crippen molar-refractivity contribution in [3.8, 4) is 39.5 Å². The van der Waals surface area contributed by atoms with Gasteiger partial charge in [-0.15, -0.1) is 11.3 Å². The van der Waals surface area contributed by atoms with Gasteiger partial charge in [-0.3, -0.25) is 14.2 Å². The van der Waals surface area contributed by atoms with Crippen LogP contribution in [0.25, 0.3) is 44.7 Å². The molecule has 11 rings (SSSR count). The van der Waals surface area contributed by atoms with Crippen molar-refractivity contribution in [1.82, 2.24) is 44.9 Å². The van der Waals surface area contributed by atoms with Crippen molar-refractivity contribution < 1.29 is 46.9 Å². The molecule has 23 heteroatoms. The highest BCUT2D eigenvalue weighted by Gasteiger charge is 2.44. The van der Waals surface area contributed by atoms with Crippen molar-refractivity contribution in [2.45, 2.75) is 107 Å². The number of aromatic nitrogens is 5. The summed E-state index contributed by atoms with van der Waals surface area (Å²) in [6.45, 7) is 4.37. The molecule has 4 fully saturated rings. The van der Waals surface area contributed by atoms with E-state index in [0.29, 0.717) is 104 Å². The fraction of sp³-hybridized carbons (Fsp3) is 0.462. The van der Waals surface area contributed by atoms with Gasteiger partial charge in [0.15, 0.2) is 0 Å². The van der Waals surface area contributed by atoms with Gasteiger partial charge >= 0.3 is 12.2 Å². The zero-order valence-corrected chi connectivity index (χ0v) is 45.8. The summed E-state index contributed by atoms with van der Waals surface area (Å²) in [6, 6.07) is 12.5. The van der Waals surface area contributed by atoms with Gasteiger partial charge in [-0.25, -0.2) is 28.3 Å². The number of rotatable bonds is 12. The second kappa shape index (κ2) is 22.5. The van der Waals surface area contributed by atoms with Gasteiger partial charge in [0.25, 0.3) is 0 Å². The summed E-state index contributed by atoms with van der Waals surface area (Å²) in [5, 5.41) is 6.04. The van der Waals surface area contributed by atoms with Crippen LogP contribution in [-0.4, -0.2) is 117 Å². The number of likely N-dealkylation sites (tertiary alicyclic amines) is 2. The molecule has 4 aromatic heterocycles. The van der Waals surface area contributed by atoms with E-state index in [1.54, 1.807) is 23.7 Å². The molecule has 2 unspecified atom stereocenters. The number of aromatic amines is 2. The molecule has 2 aromatic carbocycles. The van der Waals surface area contributed by atoms with Crippen LogP contribution >= 0.6 is 51.8 Å². The number of hydrogen-bond donors (Lipinski definition) is 4. The molecule has 5 atom stereocenters. The summed E-state index contributed by atoms with van der Waals surface area (Å²) in [7, 11) is 2.44. The number of halogens is 2. The van der Waals surface area contributed by atoms with Crippen molar-refractivity contribution >= 4 is 86.7 Å². The van der Waals surface area contributed by atoms with Crippen molar-refractivity contribution in [1.29, 1.82) is 0 Å². The van der Waals surface area contributed by atoms with Crippen molar-refractivity contribution in [3.05, 3.63) is 88.1 Å². The van der Waals surface area contributed by atoms with Gasteiger partial charge in [-0.1, -0.05) is 6.07 Å². The SMILES string of the molecule is COC(=O)NC(C(=O)N1CCC[C@H]1c1ncc(-c2cc(F)c3c(c2)OC(c2ccc(C4CC4)s2)n2c-3cc3cc(-c4cnc([C@@H]5CCCN5C(=O)[C@@H](NC(=O)OC)C5CCOCC5)[nH]4)ccc32)[nH]1)C(C)(C)F.S.S.S. The van der Waals surface area contributed by atoms with Crippen LogP contribution in [-0.2, 0) is 23.8 Å². The highest BCUT2D eigenvalue weighted by molar-refractivity contribution is 7.59. The number of alkyl halides is 1. The van der Waals surface area contributed by atoms with Crippen LogP contribution in [0.1, 0.15) is 111 Å². The Kier molecular flexibility index (Phi) is 16.6. The Balaban J connectivity index is 0.00000249. The molecule has 4 aliphatic heterocycles. The molecular weight excluding hydrogens is 1040 g/mol. The van der Waals surface area contributed by atoms with Crippen LogP contribution in [0.5, 0.6) is 5.75 Å². The number of imidazole rings is 2. The lowest BCUT2D eigenvalue weighted by molar-refractivity contribution is -0.138. The molecule has 6 aromatic rings. The average Bonchev–Trinajstić information content (AvgIpc) is 4.11. The largest absolute Gasteiger partial charge is 0.464 e. The molecule has 8 heterocycles. The summed E-state index contributed by atoms with van der Waals surface area (Å²) < 4.78 is 56.4. The molecular formula is C52H63F2N9O8S4. The summed E-state index contributed by atoms with van der Waals surface area (Å²) in [4.78, 5) is 74.5. The zero-order valence-electron chi connectivity index (χ0n) is 42.0. The maximum atomic E-state index is 17.0. The predicted molar refractivity (Wildman–Crippen MR) is 293 cm³/mol. The van der Waals surface area contributed by atoms with Crippen LogP contribution in [0.2, 0.25) is 0 Å². The monoisotopic (exact) mass is 1110 g/mol. The minimum Gasteiger partial charge on any atom is -0.464 e. The normalized spacial score (nSPS) is 20.1. The maximum Gasteiger partial charge on any atom is 0.407 e. The quantitative estimate of drug-likeness (QED) is 0.0916. The fourth-order valence-corrected chi connectivity index (χ4v) is 12.2. The predicted octanol–water partition coefficient (Wildman–Crippen LogP) is 9.40. The molecule has 1 aliphatic carbocycles. The number of thiophene rings is 1. The number of hydrogen-bond acceptors (Lipinski definition) is 11. The molecule has 0 bridgehead atoms. The van der Waals surface area contributed by atoms with Crippen LogP contribution in [0.15, 0.2) is 60.9 Å². The Bertz CT molecular complexity index is 3070. The molecule has 75 heavy (non-hydrogen) atoms. The Labute approximate surface area is 457 Å². The van der Waals surface area contributed by atoms with Crippen molar-refractivity contribution in [2.24, 2.45) is 5.92 Å². The second-order valence-electron chi connectivity index (χ2n) is 19.9. The van der Waals surface area contributed by atoms with Gasteiger partial charge in [0.05, 0.1) is 71.7 Å². The molecule has 0 radical (unpaired) electrons. The van der Waals surface area contributed by atoms with Gasteiger partial charge in [-0.05, 0) is 120 Å². The van der Waals surface area contributed by atoms with E-state index in [1.807, 2.05) is 29.2 Å². The van der Waals surface area contributed by atoms with Crippen LogP contribution in [0.3, 0.4) is 0 Å². The molecule has 3 saturated heterocycles. The van der Waals surface area contributed by atoms with Crippen LogP contribution in [0, 0.1) is 11.7 Å². The van der Waals surface area contributed by atoms with Crippen molar-refractivity contribution in [2.75, 3.05) is 40.5 Å². The number of H-pyrrole nitrogens is 2. The number of benzene rings is 2. The van der Waals surface area contributed by atoms with Gasteiger partial charge in [0.1, 0.15) is 41.0 Å². The van der Waals surface area contributed by atoms with Gasteiger partial charge in [0.2, 0.25) is 18.0 Å². The lowest BCUT2D eigenvalue weighted by atomic mass is 9.90. The molecule has 402 valence electrons. The zero-order chi connectivity index (χ0) is 50.0. The Morgan fingerprint density at radius 1 is 0.773 bits per heavy atom. The van der Waals surface area contributed by atoms with Gasteiger partial charge < -0.3 is 49.3 Å². The van der Waals surface area contributed by atoms with E-state index in [9.17, 15) is 19.2 Å². The first-order chi connectivity index (χ1) is 34.8. The van der Waals surface area contributed by atoms with E-state index >= 15 is 8.78 Å². The minimum atomic E-state index is -2.09. The third kappa shape index (κ3) is 10.7. The van der Waals surface area contributed by atoms with E-state index in [4.69, 9.17) is 19.2 Å². The van der Waals surface area contributed by atoms with Gasteiger partial charge in [-0.2, -0.15) is 40.5 Å². The number of nitrogens with zero attached hydrogens (tertiary/aromatic N) is 5. The highest BCUT2D eigenvalue weighted by atomic mass is 32.1. The molecule has 0 spiro atoms. The fourth-order valence-electron chi connectivity index (χ4n) is 11.0. The number of nitrogens with one attached hydrogen (secondary N) is 4. The Morgan fingerprint density at radius 2 is 1.39 bits per heavy atom. The topological polar surface area (TPSA) is 198 Å². The average molecular weight is 1110 g/mol. The van der Waals surface area contributed by atoms with Gasteiger partial charge in [0, 0.05) is 47.7 Å². The summed E-state index contributed by atoms with van der Waals surface area (Å²) in [6.07, 6.45) is 7.48. The highest BCUT2D eigenvalue weighted by Crippen LogP contribution is 2.50. The first kappa shape index (κ1) is 55.5. The summed E-state index contributed by atoms with van der Waals surface area (Å²) in [5.41, 5.74) is 2.34. The van der Waals surface area contributed by atoms with E-state index < -0.39 is 53.9 Å². The molecule has 4 N–H and O–H groups in total. The molecule has 4 amide bonds. The smallest absolute Gasteiger partial charge is 0.407 e. The number of alkyl carbamates (subject to hydrolysis) is 2. The third-order valence-corrected chi connectivity index (χ3v) is 16.1. The number of ether oxygens (including phenoxy) is 4. The number of fused-ring (bicyclic) bond motifs is 5. The first-order valence-corrected chi connectivity index (χ1v) is 25.5. The molecule has 5 aliphatic rings. The minimum absolute atomic E-state index is 0. The summed E-state index contributed by atoms with van der Waals surface area (Å²) >= 11 is 1.71. The lowest BCUT2D eigenvalue weighted by Crippen LogP contribution is -2.56. The second-order valence-corrected chi connectivity index (χ2v) is 21.1. The maximum absolute atomic E-state index is 17.0. The van der Waals surface area contributed by atoms with Crippen LogP contribution in [0.4, 0.5) is 18.4 Å². The third-order valence-electron chi connectivity index (χ3n) is 14.9. The van der Waals surface area contributed by atoms with E-state index in [2.05, 4.69) is 53.1 Å².